The predicted octanol–water partition coefficient (Wildman–Crippen LogP) is 4.18. The maximum atomic E-state index is 13.3. The summed E-state index contributed by atoms with van der Waals surface area (Å²) in [5.41, 5.74) is 4.10. The van der Waals surface area contributed by atoms with Crippen LogP contribution in [0.1, 0.15) is 41.3 Å². The van der Waals surface area contributed by atoms with Crippen molar-refractivity contribution in [2.24, 2.45) is 0 Å². The van der Waals surface area contributed by atoms with E-state index in [0.29, 0.717) is 52.5 Å². The second kappa shape index (κ2) is 12.1. The minimum absolute atomic E-state index is 0.228. The molecule has 10 nitrogen and oxygen atoms in total. The molecule has 0 aromatic heterocycles. The number of nitrogens with zero attached hydrogens (tertiary/aromatic N) is 2. The van der Waals surface area contributed by atoms with Gasteiger partial charge in [0.25, 0.3) is 5.91 Å². The van der Waals surface area contributed by atoms with Gasteiger partial charge in [-0.3, -0.25) is 13.9 Å². The highest BCUT2D eigenvalue weighted by Crippen LogP contribution is 2.38. The number of carbonyl (C=O) groups excluding carboxylic acids is 3. The lowest BCUT2D eigenvalue weighted by molar-refractivity contribution is -0.128. The Morgan fingerprint density at radius 3 is 2.31 bits per heavy atom. The topological polar surface area (TPSA) is 125 Å². The van der Waals surface area contributed by atoms with Crippen LogP contribution in [0.2, 0.25) is 0 Å². The summed E-state index contributed by atoms with van der Waals surface area (Å²) < 4.78 is 31.4. The van der Waals surface area contributed by atoms with Crippen LogP contribution in [0.15, 0.2) is 72.8 Å². The zero-order valence-electron chi connectivity index (χ0n) is 23.4. The van der Waals surface area contributed by atoms with Crippen LogP contribution in [0.25, 0.3) is 11.3 Å². The molecular formula is C31H32N4O6S. The molecule has 0 unspecified atom stereocenters. The van der Waals surface area contributed by atoms with Gasteiger partial charge in [-0.2, -0.15) is 0 Å². The van der Waals surface area contributed by atoms with Crippen LogP contribution in [0.5, 0.6) is 0 Å². The number of anilines is 3. The Balaban J connectivity index is 1.48. The van der Waals surface area contributed by atoms with Crippen LogP contribution in [0, 0.1) is 0 Å². The van der Waals surface area contributed by atoms with E-state index in [1.54, 1.807) is 54.3 Å². The van der Waals surface area contributed by atoms with Crippen molar-refractivity contribution in [1.82, 2.24) is 4.90 Å². The zero-order chi connectivity index (χ0) is 29.9. The Morgan fingerprint density at radius 1 is 0.976 bits per heavy atom. The third-order valence-corrected chi connectivity index (χ3v) is 8.29. The zero-order valence-corrected chi connectivity index (χ0v) is 24.2. The summed E-state index contributed by atoms with van der Waals surface area (Å²) in [4.78, 5) is 40.0. The molecule has 0 saturated carbocycles. The number of likely N-dealkylation sites (tertiary alicyclic amines) is 1. The first kappa shape index (κ1) is 28.9. The van der Waals surface area contributed by atoms with Gasteiger partial charge in [0, 0.05) is 24.3 Å². The molecule has 0 spiro atoms. The minimum atomic E-state index is -3.72. The predicted molar refractivity (Wildman–Crippen MR) is 162 cm³/mol. The van der Waals surface area contributed by atoms with Crippen LogP contribution in [0.4, 0.5) is 17.1 Å². The van der Waals surface area contributed by atoms with E-state index in [-0.39, 0.29) is 25.0 Å². The van der Waals surface area contributed by atoms with Crippen LogP contribution in [-0.4, -0.2) is 63.6 Å². The maximum Gasteiger partial charge on any atom is 0.338 e. The van der Waals surface area contributed by atoms with Crippen molar-refractivity contribution in [2.45, 2.75) is 19.8 Å². The third-order valence-electron chi connectivity index (χ3n) is 7.15. The van der Waals surface area contributed by atoms with E-state index in [4.69, 9.17) is 4.74 Å². The number of ether oxygens (including phenoxy) is 1. The number of rotatable bonds is 9. The summed E-state index contributed by atoms with van der Waals surface area (Å²) in [5.74, 6) is -1.04. The van der Waals surface area contributed by atoms with Gasteiger partial charge in [-0.25, -0.2) is 13.2 Å². The standard InChI is InChI=1S/C31H32N4O6S/c1-3-41-31(38)22-11-16-25-26(19-22)33-30(37)28(25)29(21-9-5-4-6-10-21)32-23-12-14-24(15-13-23)35(42(2,39)40)20-27(36)34-17-7-8-18-34/h4-6,9-16,19,32H,3,7-8,17-18,20H2,1-2H3,(H,33,37)/b29-28-. The van der Waals surface area contributed by atoms with Gasteiger partial charge in [0.2, 0.25) is 15.9 Å². The number of amides is 2. The highest BCUT2D eigenvalue weighted by Gasteiger charge is 2.30. The van der Waals surface area contributed by atoms with Gasteiger partial charge < -0.3 is 20.3 Å². The molecule has 1 fully saturated rings. The number of benzene rings is 3. The Labute approximate surface area is 245 Å². The fourth-order valence-corrected chi connectivity index (χ4v) is 5.94. The number of carbonyl (C=O) groups is 3. The van der Waals surface area contributed by atoms with E-state index in [1.165, 1.54) is 0 Å². The number of nitrogens with one attached hydrogen (secondary N) is 2. The molecule has 2 heterocycles. The fourth-order valence-electron chi connectivity index (χ4n) is 5.09. The first-order valence-electron chi connectivity index (χ1n) is 13.7. The highest BCUT2D eigenvalue weighted by atomic mass is 32.2. The summed E-state index contributed by atoms with van der Waals surface area (Å²) in [6.07, 6.45) is 2.91. The summed E-state index contributed by atoms with van der Waals surface area (Å²) in [5, 5.41) is 6.19. The third kappa shape index (κ3) is 6.15. The lowest BCUT2D eigenvalue weighted by Crippen LogP contribution is -2.41. The average molecular weight is 589 g/mol. The van der Waals surface area contributed by atoms with Crippen molar-refractivity contribution in [3.05, 3.63) is 89.5 Å². The van der Waals surface area contributed by atoms with Crippen LogP contribution >= 0.6 is 0 Å². The largest absolute Gasteiger partial charge is 0.462 e. The molecule has 2 amide bonds. The van der Waals surface area contributed by atoms with Crippen molar-refractivity contribution >= 4 is 56.1 Å². The molecule has 2 aliphatic heterocycles. The first-order chi connectivity index (χ1) is 20.2. The molecular weight excluding hydrogens is 556 g/mol. The smallest absolute Gasteiger partial charge is 0.338 e. The Morgan fingerprint density at radius 2 is 1.67 bits per heavy atom. The summed E-state index contributed by atoms with van der Waals surface area (Å²) >= 11 is 0. The molecule has 0 radical (unpaired) electrons. The maximum absolute atomic E-state index is 13.3. The van der Waals surface area contributed by atoms with Gasteiger partial charge in [0.1, 0.15) is 6.54 Å². The van der Waals surface area contributed by atoms with E-state index in [2.05, 4.69) is 10.6 Å². The van der Waals surface area contributed by atoms with Crippen molar-refractivity contribution in [2.75, 3.05) is 47.4 Å². The molecule has 218 valence electrons. The van der Waals surface area contributed by atoms with Gasteiger partial charge in [0.05, 0.1) is 41.1 Å². The van der Waals surface area contributed by atoms with Crippen molar-refractivity contribution in [3.8, 4) is 0 Å². The van der Waals surface area contributed by atoms with Gasteiger partial charge in [0.15, 0.2) is 0 Å². The molecule has 5 rings (SSSR count). The van der Waals surface area contributed by atoms with E-state index < -0.39 is 16.0 Å². The normalized spacial score (nSPS) is 15.6. The van der Waals surface area contributed by atoms with Gasteiger partial charge in [-0.15, -0.1) is 0 Å². The summed E-state index contributed by atoms with van der Waals surface area (Å²) in [7, 11) is -3.72. The number of fused-ring (bicyclic) bond motifs is 1. The molecule has 0 atom stereocenters. The summed E-state index contributed by atoms with van der Waals surface area (Å²) in [6, 6.07) is 20.9. The monoisotopic (exact) mass is 588 g/mol. The van der Waals surface area contributed by atoms with E-state index in [9.17, 15) is 22.8 Å². The molecule has 3 aromatic rings. The Hall–Kier alpha value is -4.64. The Kier molecular flexibility index (Phi) is 8.30. The average Bonchev–Trinajstić information content (AvgIpc) is 3.62. The summed E-state index contributed by atoms with van der Waals surface area (Å²) in [6.45, 7) is 2.97. The van der Waals surface area contributed by atoms with E-state index >= 15 is 0 Å². The Bertz CT molecular complexity index is 1650. The molecule has 1 saturated heterocycles. The molecule has 42 heavy (non-hydrogen) atoms. The van der Waals surface area contributed by atoms with Crippen molar-refractivity contribution < 1.29 is 27.5 Å². The van der Waals surface area contributed by atoms with Crippen LogP contribution in [0.3, 0.4) is 0 Å². The number of hydrogen-bond donors (Lipinski definition) is 2. The van der Waals surface area contributed by atoms with Crippen molar-refractivity contribution in [1.29, 1.82) is 0 Å². The number of hydrogen-bond acceptors (Lipinski definition) is 7. The second-order valence-corrected chi connectivity index (χ2v) is 12.0. The minimum Gasteiger partial charge on any atom is -0.462 e. The quantitative estimate of drug-likeness (QED) is 0.284. The van der Waals surface area contributed by atoms with E-state index in [1.807, 2.05) is 30.3 Å². The van der Waals surface area contributed by atoms with Crippen molar-refractivity contribution in [3.63, 3.8) is 0 Å². The highest BCUT2D eigenvalue weighted by molar-refractivity contribution is 7.92. The first-order valence-corrected chi connectivity index (χ1v) is 15.6. The molecule has 3 aromatic carbocycles. The second-order valence-electron chi connectivity index (χ2n) is 10.1. The van der Waals surface area contributed by atoms with Crippen LogP contribution < -0.4 is 14.9 Å². The fraction of sp³-hybridized carbons (Fsp3) is 0.258. The molecule has 11 heteroatoms. The molecule has 0 bridgehead atoms. The van der Waals surface area contributed by atoms with E-state index in [0.717, 1.165) is 29.0 Å². The lowest BCUT2D eigenvalue weighted by atomic mass is 9.99. The van der Waals surface area contributed by atoms with Crippen LogP contribution in [-0.2, 0) is 24.3 Å². The number of esters is 1. The molecule has 2 aliphatic rings. The van der Waals surface area contributed by atoms with Gasteiger partial charge >= 0.3 is 5.97 Å². The molecule has 2 N–H and O–H groups in total. The van der Waals surface area contributed by atoms with Gasteiger partial charge in [-0.05, 0) is 61.7 Å². The number of sulfonamides is 1. The SMILES string of the molecule is CCOC(=O)c1ccc2c(c1)NC(=O)/C2=C(\Nc1ccc(N(CC(=O)N2CCCC2)S(C)(=O)=O)cc1)c1ccccc1. The van der Waals surface area contributed by atoms with Gasteiger partial charge in [-0.1, -0.05) is 36.4 Å². The lowest BCUT2D eigenvalue weighted by Gasteiger charge is -2.25. The molecule has 0 aliphatic carbocycles.